The lowest BCUT2D eigenvalue weighted by atomic mass is 9.99. The van der Waals surface area contributed by atoms with Crippen molar-refractivity contribution in [2.24, 2.45) is 0 Å². The molecule has 0 spiro atoms. The Morgan fingerprint density at radius 1 is 0.917 bits per heavy atom. The minimum absolute atomic E-state index is 0.137. The summed E-state index contributed by atoms with van der Waals surface area (Å²) in [5, 5.41) is 10.1. The van der Waals surface area contributed by atoms with Crippen molar-refractivity contribution in [3.63, 3.8) is 0 Å². The van der Waals surface area contributed by atoms with Gasteiger partial charge in [-0.1, -0.05) is 18.2 Å². The van der Waals surface area contributed by atoms with Gasteiger partial charge in [-0.3, -0.25) is 4.79 Å². The van der Waals surface area contributed by atoms with Crippen molar-refractivity contribution in [1.29, 1.82) is 0 Å². The smallest absolute Gasteiger partial charge is 0.165 e. The van der Waals surface area contributed by atoms with E-state index < -0.39 is 6.10 Å². The number of ether oxygens (including phenoxy) is 3. The lowest BCUT2D eigenvalue weighted by molar-refractivity contribution is -0.126. The van der Waals surface area contributed by atoms with Crippen LogP contribution in [0.4, 0.5) is 0 Å². The highest BCUT2D eigenvalue weighted by molar-refractivity contribution is 5.85. The van der Waals surface area contributed by atoms with Crippen LogP contribution < -0.4 is 14.2 Å². The van der Waals surface area contributed by atoms with E-state index in [4.69, 9.17) is 14.2 Å². The second-order valence-electron chi connectivity index (χ2n) is 5.40. The first-order valence-electron chi connectivity index (χ1n) is 7.62. The first-order valence-corrected chi connectivity index (χ1v) is 7.62. The molecule has 1 atom stereocenters. The van der Waals surface area contributed by atoms with Crippen LogP contribution in [0.1, 0.15) is 11.1 Å². The van der Waals surface area contributed by atoms with Crippen molar-refractivity contribution in [3.8, 4) is 17.2 Å². The SMILES string of the molecule is COc1ccc(CC(O)C(=O)Cc2ccc(OC)c(OC)c2)cc1. The zero-order valence-electron chi connectivity index (χ0n) is 14.1. The van der Waals surface area contributed by atoms with E-state index in [1.165, 1.54) is 0 Å². The van der Waals surface area contributed by atoms with Gasteiger partial charge in [-0.25, -0.2) is 0 Å². The van der Waals surface area contributed by atoms with Crippen LogP contribution in [0.3, 0.4) is 0 Å². The van der Waals surface area contributed by atoms with Crippen molar-refractivity contribution in [3.05, 3.63) is 53.6 Å². The van der Waals surface area contributed by atoms with Crippen LogP contribution in [0, 0.1) is 0 Å². The number of aliphatic hydroxyl groups excluding tert-OH is 1. The molecule has 0 aliphatic heterocycles. The molecule has 0 aliphatic rings. The highest BCUT2D eigenvalue weighted by atomic mass is 16.5. The average molecular weight is 330 g/mol. The number of rotatable bonds is 8. The average Bonchev–Trinajstić information content (AvgIpc) is 2.62. The van der Waals surface area contributed by atoms with Gasteiger partial charge in [0.05, 0.1) is 21.3 Å². The Labute approximate surface area is 141 Å². The molecule has 0 radical (unpaired) electrons. The lowest BCUT2D eigenvalue weighted by Crippen LogP contribution is -2.24. The molecular formula is C19H22O5. The zero-order chi connectivity index (χ0) is 17.5. The number of hydrogen-bond acceptors (Lipinski definition) is 5. The number of hydrogen-bond donors (Lipinski definition) is 1. The predicted octanol–water partition coefficient (Wildman–Crippen LogP) is 2.43. The Bertz CT molecular complexity index is 679. The third kappa shape index (κ3) is 4.49. The predicted molar refractivity (Wildman–Crippen MR) is 91.0 cm³/mol. The van der Waals surface area contributed by atoms with Gasteiger partial charge in [-0.2, -0.15) is 0 Å². The van der Waals surface area contributed by atoms with E-state index in [1.807, 2.05) is 12.1 Å². The second-order valence-corrected chi connectivity index (χ2v) is 5.40. The maximum atomic E-state index is 12.2. The number of ketones is 1. The van der Waals surface area contributed by atoms with E-state index in [0.29, 0.717) is 11.5 Å². The molecule has 0 aliphatic carbocycles. The normalized spacial score (nSPS) is 11.7. The molecule has 2 aromatic carbocycles. The molecule has 1 N–H and O–H groups in total. The van der Waals surface area contributed by atoms with Crippen molar-refractivity contribution in [2.75, 3.05) is 21.3 Å². The third-order valence-electron chi connectivity index (χ3n) is 3.79. The summed E-state index contributed by atoms with van der Waals surface area (Å²) in [6, 6.07) is 12.6. The van der Waals surface area contributed by atoms with Gasteiger partial charge in [-0.05, 0) is 35.4 Å². The van der Waals surface area contributed by atoms with Gasteiger partial charge in [0.25, 0.3) is 0 Å². The van der Waals surface area contributed by atoms with Crippen LogP contribution in [0.5, 0.6) is 17.2 Å². The Kier molecular flexibility index (Phi) is 6.21. The molecule has 0 bridgehead atoms. The fourth-order valence-corrected chi connectivity index (χ4v) is 2.41. The van der Waals surface area contributed by atoms with Gasteiger partial charge in [0.2, 0.25) is 0 Å². The fourth-order valence-electron chi connectivity index (χ4n) is 2.41. The molecule has 5 heteroatoms. The summed E-state index contributed by atoms with van der Waals surface area (Å²) >= 11 is 0. The van der Waals surface area contributed by atoms with Crippen LogP contribution >= 0.6 is 0 Å². The van der Waals surface area contributed by atoms with Gasteiger partial charge in [0, 0.05) is 12.8 Å². The van der Waals surface area contributed by atoms with Gasteiger partial charge >= 0.3 is 0 Å². The van der Waals surface area contributed by atoms with Gasteiger partial charge < -0.3 is 19.3 Å². The summed E-state index contributed by atoms with van der Waals surface area (Å²) < 4.78 is 15.5. The van der Waals surface area contributed by atoms with Gasteiger partial charge in [0.1, 0.15) is 11.9 Å². The summed E-state index contributed by atoms with van der Waals surface area (Å²) in [6.45, 7) is 0. The number of Topliss-reactive ketones (excluding diaryl/α,β-unsaturated/α-hetero) is 1. The molecule has 0 aromatic heterocycles. The highest BCUT2D eigenvalue weighted by Gasteiger charge is 2.17. The molecule has 128 valence electrons. The first-order chi connectivity index (χ1) is 11.6. The molecule has 2 aromatic rings. The summed E-state index contributed by atoms with van der Waals surface area (Å²) in [5.41, 5.74) is 1.65. The number of benzene rings is 2. The maximum Gasteiger partial charge on any atom is 0.165 e. The summed E-state index contributed by atoms with van der Waals surface area (Å²) in [4.78, 5) is 12.2. The molecule has 0 saturated heterocycles. The van der Waals surface area contributed by atoms with Crippen molar-refractivity contribution in [2.45, 2.75) is 18.9 Å². The Balaban J connectivity index is 2.00. The van der Waals surface area contributed by atoms with E-state index in [-0.39, 0.29) is 18.6 Å². The van der Waals surface area contributed by atoms with E-state index in [1.54, 1.807) is 51.7 Å². The van der Waals surface area contributed by atoms with Gasteiger partial charge in [0.15, 0.2) is 17.3 Å². The minimum Gasteiger partial charge on any atom is -0.497 e. The lowest BCUT2D eigenvalue weighted by Gasteiger charge is -2.12. The van der Waals surface area contributed by atoms with Crippen molar-refractivity contribution >= 4 is 5.78 Å². The van der Waals surface area contributed by atoms with E-state index >= 15 is 0 Å². The first kappa shape index (κ1) is 17.8. The molecular weight excluding hydrogens is 308 g/mol. The second kappa shape index (κ2) is 8.36. The maximum absolute atomic E-state index is 12.2. The van der Waals surface area contributed by atoms with E-state index in [0.717, 1.165) is 16.9 Å². The number of aliphatic hydroxyl groups is 1. The molecule has 24 heavy (non-hydrogen) atoms. The summed E-state index contributed by atoms with van der Waals surface area (Å²) in [7, 11) is 4.69. The Hall–Kier alpha value is -2.53. The van der Waals surface area contributed by atoms with E-state index in [9.17, 15) is 9.90 Å². The number of carbonyl (C=O) groups is 1. The topological polar surface area (TPSA) is 65.0 Å². The zero-order valence-corrected chi connectivity index (χ0v) is 14.1. The van der Waals surface area contributed by atoms with Crippen molar-refractivity contribution in [1.82, 2.24) is 0 Å². The summed E-state index contributed by atoms with van der Waals surface area (Å²) in [5.74, 6) is 1.67. The molecule has 0 fully saturated rings. The molecule has 2 rings (SSSR count). The minimum atomic E-state index is -1.05. The van der Waals surface area contributed by atoms with E-state index in [2.05, 4.69) is 0 Å². The van der Waals surface area contributed by atoms with Gasteiger partial charge in [-0.15, -0.1) is 0 Å². The summed E-state index contributed by atoms with van der Waals surface area (Å²) in [6.07, 6.45) is -0.639. The van der Waals surface area contributed by atoms with Crippen molar-refractivity contribution < 1.29 is 24.1 Å². The standard InChI is InChI=1S/C19H22O5/c1-22-15-7-4-13(5-8-15)10-16(20)17(21)11-14-6-9-18(23-2)19(12-14)24-3/h4-9,12,16,20H,10-11H2,1-3H3. The highest BCUT2D eigenvalue weighted by Crippen LogP contribution is 2.28. The van der Waals surface area contributed by atoms with Crippen LogP contribution in [0.25, 0.3) is 0 Å². The molecule has 5 nitrogen and oxygen atoms in total. The molecule has 0 heterocycles. The Morgan fingerprint density at radius 2 is 1.54 bits per heavy atom. The van der Waals surface area contributed by atoms with Crippen LogP contribution in [0.2, 0.25) is 0 Å². The number of methoxy groups -OCH3 is 3. The molecule has 0 saturated carbocycles. The van der Waals surface area contributed by atoms with Crippen LogP contribution in [-0.4, -0.2) is 38.3 Å². The molecule has 0 amide bonds. The quantitative estimate of drug-likeness (QED) is 0.805. The van der Waals surface area contributed by atoms with Crippen LogP contribution in [0.15, 0.2) is 42.5 Å². The monoisotopic (exact) mass is 330 g/mol. The largest absolute Gasteiger partial charge is 0.497 e. The molecule has 1 unspecified atom stereocenters. The van der Waals surface area contributed by atoms with Crippen LogP contribution in [-0.2, 0) is 17.6 Å². The third-order valence-corrected chi connectivity index (χ3v) is 3.79. The number of carbonyl (C=O) groups excluding carboxylic acids is 1. The fraction of sp³-hybridized carbons (Fsp3) is 0.316. The Morgan fingerprint density at radius 3 is 2.12 bits per heavy atom.